The topological polar surface area (TPSA) is 0 Å². The minimum Gasteiger partial charge on any atom is -0.105 e. The number of hydrogen-bond acceptors (Lipinski definition) is 0. The van der Waals surface area contributed by atoms with E-state index in [1.807, 2.05) is 5.29 Å². The van der Waals surface area contributed by atoms with Crippen LogP contribution in [0.15, 0.2) is 0 Å². The molecule has 1 heteroatoms. The average Bonchev–Trinajstić information content (AvgIpc) is 3.01. The van der Waals surface area contributed by atoms with Gasteiger partial charge in [0, 0.05) is 0 Å². The highest BCUT2D eigenvalue weighted by Gasteiger charge is 2.34. The first kappa shape index (κ1) is 10.3. The summed E-state index contributed by atoms with van der Waals surface area (Å²) in [6.45, 7) is 0. The maximum absolute atomic E-state index is 2.01. The fraction of sp³-hybridized carbons (Fsp3) is 0.929. The monoisotopic (exact) mass is 222 g/mol. The van der Waals surface area contributed by atoms with E-state index in [0.29, 0.717) is 0 Å². The zero-order valence-corrected chi connectivity index (χ0v) is 10.6. The fourth-order valence-corrected chi connectivity index (χ4v) is 5.84. The molecule has 15 heavy (non-hydrogen) atoms. The van der Waals surface area contributed by atoms with Crippen molar-refractivity contribution in [3.8, 4) is 0 Å². The first-order valence-corrected chi connectivity index (χ1v) is 8.07. The molecule has 1 heterocycles. The second-order valence-electron chi connectivity index (χ2n) is 5.73. The van der Waals surface area contributed by atoms with Gasteiger partial charge in [-0.2, -0.15) is 0 Å². The van der Waals surface area contributed by atoms with Crippen molar-refractivity contribution in [2.75, 3.05) is 6.16 Å². The van der Waals surface area contributed by atoms with E-state index in [0.717, 1.165) is 17.8 Å². The highest BCUT2D eigenvalue weighted by Crippen LogP contribution is 2.44. The molecular weight excluding hydrogens is 199 g/mol. The molecule has 0 N–H and O–H groups in total. The van der Waals surface area contributed by atoms with Gasteiger partial charge in [0.15, 0.2) is 0 Å². The van der Waals surface area contributed by atoms with E-state index < -0.39 is 0 Å². The highest BCUT2D eigenvalue weighted by molar-refractivity contribution is 7.41. The van der Waals surface area contributed by atoms with E-state index in [1.54, 1.807) is 21.0 Å². The largest absolute Gasteiger partial charge is 0.105 e. The number of hydrogen-bond donors (Lipinski definition) is 0. The molecule has 1 atom stereocenters. The molecule has 84 valence electrons. The van der Waals surface area contributed by atoms with Crippen LogP contribution in [0.2, 0.25) is 0 Å². The van der Waals surface area contributed by atoms with Crippen LogP contribution in [0.25, 0.3) is 0 Å². The molecule has 3 aliphatic rings. The maximum Gasteiger partial charge on any atom is -0.0101 e. The van der Waals surface area contributed by atoms with Crippen LogP contribution in [0.4, 0.5) is 0 Å². The van der Waals surface area contributed by atoms with Gasteiger partial charge in [0.25, 0.3) is 0 Å². The molecule has 2 saturated carbocycles. The first-order chi connectivity index (χ1) is 7.45. The third kappa shape index (κ3) is 2.03. The van der Waals surface area contributed by atoms with Gasteiger partial charge in [0.05, 0.1) is 0 Å². The van der Waals surface area contributed by atoms with Crippen molar-refractivity contribution in [1.29, 1.82) is 0 Å². The third-order valence-corrected chi connectivity index (χ3v) is 6.40. The summed E-state index contributed by atoms with van der Waals surface area (Å²) in [7, 11) is 1.75. The van der Waals surface area contributed by atoms with E-state index >= 15 is 0 Å². The number of rotatable bonds is 2. The molecule has 0 amide bonds. The van der Waals surface area contributed by atoms with Crippen LogP contribution in [0.3, 0.4) is 0 Å². The van der Waals surface area contributed by atoms with Gasteiger partial charge in [-0.15, -0.1) is 8.20 Å². The predicted molar refractivity (Wildman–Crippen MR) is 68.8 cm³/mol. The van der Waals surface area contributed by atoms with Gasteiger partial charge in [-0.05, 0) is 61.3 Å². The van der Waals surface area contributed by atoms with Crippen LogP contribution in [-0.2, 0) is 0 Å². The Labute approximate surface area is 95.6 Å². The quantitative estimate of drug-likeness (QED) is 0.603. The summed E-state index contributed by atoms with van der Waals surface area (Å²) in [5, 5.41) is 2.01. The fourth-order valence-electron chi connectivity index (χ4n) is 4.09. The smallest absolute Gasteiger partial charge is 0.0101 e. The summed E-state index contributed by atoms with van der Waals surface area (Å²) in [5.74, 6) is 3.23. The predicted octanol–water partition coefficient (Wildman–Crippen LogP) is 4.51. The molecule has 2 fully saturated rings. The average molecular weight is 222 g/mol. The first-order valence-electron chi connectivity index (χ1n) is 6.99. The Morgan fingerprint density at radius 2 is 1.47 bits per heavy atom. The summed E-state index contributed by atoms with van der Waals surface area (Å²) in [6, 6.07) is 0. The standard InChI is InChI=1S/C14H23P/c1-2-6-11(5-1)13-9-10-15-14(13)12-7-3-4-8-12/h11-13H,1-10H2. The van der Waals surface area contributed by atoms with Gasteiger partial charge >= 0.3 is 0 Å². The summed E-state index contributed by atoms with van der Waals surface area (Å²) in [4.78, 5) is 0. The molecular formula is C14H23P. The van der Waals surface area contributed by atoms with Crippen molar-refractivity contribution in [3.05, 3.63) is 0 Å². The molecule has 3 rings (SSSR count). The third-order valence-electron chi connectivity index (χ3n) is 4.86. The van der Waals surface area contributed by atoms with Gasteiger partial charge in [-0.1, -0.05) is 25.7 Å². The minimum absolute atomic E-state index is 1.06. The van der Waals surface area contributed by atoms with Crippen LogP contribution >= 0.6 is 8.20 Å². The molecule has 0 radical (unpaired) electrons. The van der Waals surface area contributed by atoms with E-state index in [1.165, 1.54) is 51.1 Å². The Morgan fingerprint density at radius 3 is 2.20 bits per heavy atom. The maximum atomic E-state index is 2.01. The van der Waals surface area contributed by atoms with E-state index in [4.69, 9.17) is 0 Å². The Bertz CT molecular complexity index is 244. The Morgan fingerprint density at radius 1 is 0.800 bits per heavy atom. The van der Waals surface area contributed by atoms with Crippen LogP contribution in [0.1, 0.15) is 57.8 Å². The second kappa shape index (κ2) is 4.58. The minimum atomic E-state index is 1.06. The molecule has 2 aliphatic carbocycles. The van der Waals surface area contributed by atoms with Crippen molar-refractivity contribution in [2.24, 2.45) is 17.8 Å². The lowest BCUT2D eigenvalue weighted by Crippen LogP contribution is -2.23. The van der Waals surface area contributed by atoms with Crippen molar-refractivity contribution in [1.82, 2.24) is 0 Å². The molecule has 0 aromatic carbocycles. The molecule has 0 bridgehead atoms. The second-order valence-corrected chi connectivity index (χ2v) is 7.01. The van der Waals surface area contributed by atoms with Crippen LogP contribution in [0, 0.1) is 17.8 Å². The molecule has 0 saturated heterocycles. The Kier molecular flexibility index (Phi) is 3.15. The summed E-state index contributed by atoms with van der Waals surface area (Å²) in [6.07, 6.45) is 15.3. The lowest BCUT2D eigenvalue weighted by molar-refractivity contribution is 0.415. The SMILES string of the molecule is C1CCC(C2=PCCC2C2CCCC2)C1. The molecule has 0 aromatic heterocycles. The molecule has 0 aromatic rings. The summed E-state index contributed by atoms with van der Waals surface area (Å²) >= 11 is 0. The van der Waals surface area contributed by atoms with Crippen molar-refractivity contribution < 1.29 is 0 Å². The molecule has 1 aliphatic heterocycles. The van der Waals surface area contributed by atoms with Crippen molar-refractivity contribution >= 4 is 13.5 Å². The van der Waals surface area contributed by atoms with Gasteiger partial charge < -0.3 is 0 Å². The lowest BCUT2D eigenvalue weighted by Gasteiger charge is -2.25. The van der Waals surface area contributed by atoms with Crippen LogP contribution in [-0.4, -0.2) is 11.5 Å². The normalized spacial score (nSPS) is 34.9. The van der Waals surface area contributed by atoms with Crippen molar-refractivity contribution in [2.45, 2.75) is 57.8 Å². The van der Waals surface area contributed by atoms with Gasteiger partial charge in [0.1, 0.15) is 0 Å². The Balaban J connectivity index is 1.70. The van der Waals surface area contributed by atoms with Gasteiger partial charge in [0.2, 0.25) is 0 Å². The van der Waals surface area contributed by atoms with Crippen LogP contribution < -0.4 is 0 Å². The van der Waals surface area contributed by atoms with E-state index in [2.05, 4.69) is 0 Å². The zero-order chi connectivity index (χ0) is 10.1. The van der Waals surface area contributed by atoms with E-state index in [-0.39, 0.29) is 0 Å². The molecule has 0 spiro atoms. The van der Waals surface area contributed by atoms with Crippen molar-refractivity contribution in [3.63, 3.8) is 0 Å². The summed E-state index contributed by atoms with van der Waals surface area (Å²) in [5.41, 5.74) is 0. The lowest BCUT2D eigenvalue weighted by atomic mass is 9.81. The Hall–Kier alpha value is 0.170. The molecule has 1 unspecified atom stereocenters. The molecule has 0 nitrogen and oxygen atoms in total. The van der Waals surface area contributed by atoms with Crippen LogP contribution in [0.5, 0.6) is 0 Å². The van der Waals surface area contributed by atoms with E-state index in [9.17, 15) is 0 Å². The summed E-state index contributed by atoms with van der Waals surface area (Å²) < 4.78 is 0. The zero-order valence-electron chi connectivity index (χ0n) is 9.75. The van der Waals surface area contributed by atoms with Gasteiger partial charge in [-0.3, -0.25) is 0 Å². The highest BCUT2D eigenvalue weighted by atomic mass is 31.1. The van der Waals surface area contributed by atoms with Gasteiger partial charge in [-0.25, -0.2) is 0 Å².